The topological polar surface area (TPSA) is 49.3 Å². The van der Waals surface area contributed by atoms with Gasteiger partial charge in [0.05, 0.1) is 6.54 Å². The predicted octanol–water partition coefficient (Wildman–Crippen LogP) is 4.01. The minimum Gasteiger partial charge on any atom is -0.357 e. The zero-order valence-corrected chi connectivity index (χ0v) is 17.6. The number of guanidine groups is 1. The molecule has 24 heavy (non-hydrogen) atoms. The molecule has 2 aromatic rings. The number of aryl methyl sites for hydroxylation is 2. The van der Waals surface area contributed by atoms with E-state index in [0.29, 0.717) is 6.54 Å². The molecule has 2 N–H and O–H groups in total. The van der Waals surface area contributed by atoms with Gasteiger partial charge >= 0.3 is 0 Å². The number of aromatic nitrogens is 1. The number of aliphatic imine (C=N–C) groups is 1. The Kier molecular flexibility index (Phi) is 10.7. The fourth-order valence-electron chi connectivity index (χ4n) is 2.22. The van der Waals surface area contributed by atoms with Gasteiger partial charge < -0.3 is 10.6 Å². The van der Waals surface area contributed by atoms with E-state index >= 15 is 0 Å². The van der Waals surface area contributed by atoms with Gasteiger partial charge in [-0.25, -0.2) is 9.98 Å². The summed E-state index contributed by atoms with van der Waals surface area (Å²) in [6, 6.07) is 10.6. The molecule has 6 heteroatoms. The van der Waals surface area contributed by atoms with Crippen molar-refractivity contribution in [2.45, 2.75) is 39.7 Å². The van der Waals surface area contributed by atoms with Crippen molar-refractivity contribution in [3.63, 3.8) is 0 Å². The Morgan fingerprint density at radius 3 is 2.62 bits per heavy atom. The maximum Gasteiger partial charge on any atom is 0.191 e. The van der Waals surface area contributed by atoms with Gasteiger partial charge in [0, 0.05) is 24.2 Å². The van der Waals surface area contributed by atoms with Crippen LogP contribution in [0, 0.1) is 0 Å². The highest BCUT2D eigenvalue weighted by Gasteiger charge is 2.01. The second kappa shape index (κ2) is 12.2. The largest absolute Gasteiger partial charge is 0.357 e. The van der Waals surface area contributed by atoms with Gasteiger partial charge in [0.1, 0.15) is 5.01 Å². The molecule has 1 heterocycles. The van der Waals surface area contributed by atoms with Crippen LogP contribution in [0.3, 0.4) is 0 Å². The average molecular weight is 458 g/mol. The predicted molar refractivity (Wildman–Crippen MR) is 114 cm³/mol. The molecular formula is C18H27IN4S. The Morgan fingerprint density at radius 2 is 1.96 bits per heavy atom. The van der Waals surface area contributed by atoms with Gasteiger partial charge in [-0.3, -0.25) is 0 Å². The summed E-state index contributed by atoms with van der Waals surface area (Å²) in [5, 5.41) is 7.76. The van der Waals surface area contributed by atoms with Crippen molar-refractivity contribution in [3.8, 4) is 0 Å². The molecule has 4 nitrogen and oxygen atoms in total. The molecule has 0 atom stereocenters. The molecule has 0 unspecified atom stereocenters. The van der Waals surface area contributed by atoms with Gasteiger partial charge in [0.15, 0.2) is 5.96 Å². The van der Waals surface area contributed by atoms with Gasteiger partial charge in [-0.1, -0.05) is 37.3 Å². The summed E-state index contributed by atoms with van der Waals surface area (Å²) < 4.78 is 0. The molecule has 0 fully saturated rings. The van der Waals surface area contributed by atoms with Crippen LogP contribution in [-0.2, 0) is 19.4 Å². The molecular weight excluding hydrogens is 431 g/mol. The Morgan fingerprint density at radius 1 is 1.17 bits per heavy atom. The molecule has 1 aromatic carbocycles. The van der Waals surface area contributed by atoms with Gasteiger partial charge in [0.25, 0.3) is 0 Å². The van der Waals surface area contributed by atoms with Crippen LogP contribution < -0.4 is 10.6 Å². The van der Waals surface area contributed by atoms with Crippen LogP contribution >= 0.6 is 35.3 Å². The zero-order valence-electron chi connectivity index (χ0n) is 14.4. The van der Waals surface area contributed by atoms with Gasteiger partial charge in [0.2, 0.25) is 0 Å². The third-order valence-corrected chi connectivity index (χ3v) is 4.57. The molecule has 0 saturated heterocycles. The second-order valence-corrected chi connectivity index (χ2v) is 6.48. The highest BCUT2D eigenvalue weighted by atomic mass is 127. The summed E-state index contributed by atoms with van der Waals surface area (Å²) in [5.74, 6) is 0.869. The Hall–Kier alpha value is -1.15. The SMILES string of the molecule is CCNC(=NCc1ncc(CC)s1)NCCCc1ccccc1.I. The third kappa shape index (κ3) is 7.61. The quantitative estimate of drug-likeness (QED) is 0.272. The molecule has 0 radical (unpaired) electrons. The Bertz CT molecular complexity index is 598. The van der Waals surface area contributed by atoms with E-state index in [2.05, 4.69) is 64.8 Å². The van der Waals surface area contributed by atoms with Crippen LogP contribution in [0.5, 0.6) is 0 Å². The van der Waals surface area contributed by atoms with Crippen molar-refractivity contribution in [3.05, 3.63) is 52.0 Å². The maximum atomic E-state index is 4.62. The summed E-state index contributed by atoms with van der Waals surface area (Å²) in [6.45, 7) is 6.65. The van der Waals surface area contributed by atoms with Crippen LogP contribution in [0.15, 0.2) is 41.5 Å². The summed E-state index contributed by atoms with van der Waals surface area (Å²) >= 11 is 1.74. The van der Waals surface area contributed by atoms with E-state index in [4.69, 9.17) is 0 Å². The van der Waals surface area contributed by atoms with Crippen LogP contribution in [0.4, 0.5) is 0 Å². The van der Waals surface area contributed by atoms with Gasteiger partial charge in [-0.05, 0) is 31.7 Å². The number of halogens is 1. The molecule has 0 spiro atoms. The lowest BCUT2D eigenvalue weighted by molar-refractivity contribution is 0.743. The van der Waals surface area contributed by atoms with Crippen molar-refractivity contribution in [2.75, 3.05) is 13.1 Å². The Balaban J connectivity index is 0.00000288. The summed E-state index contributed by atoms with van der Waals surface area (Å²) in [5.41, 5.74) is 1.38. The minimum absolute atomic E-state index is 0. The number of thiazole rings is 1. The second-order valence-electron chi connectivity index (χ2n) is 5.28. The molecule has 0 aliphatic heterocycles. The minimum atomic E-state index is 0. The first-order chi connectivity index (χ1) is 11.3. The lowest BCUT2D eigenvalue weighted by atomic mass is 10.1. The maximum absolute atomic E-state index is 4.62. The zero-order chi connectivity index (χ0) is 16.3. The van der Waals surface area contributed by atoms with E-state index in [1.54, 1.807) is 11.3 Å². The number of hydrogen-bond donors (Lipinski definition) is 2. The van der Waals surface area contributed by atoms with Crippen molar-refractivity contribution >= 4 is 41.3 Å². The van der Waals surface area contributed by atoms with Crippen LogP contribution in [0.2, 0.25) is 0 Å². The molecule has 0 bridgehead atoms. The monoisotopic (exact) mass is 458 g/mol. The molecule has 132 valence electrons. The fourth-order valence-corrected chi connectivity index (χ4v) is 3.00. The first kappa shape index (κ1) is 20.9. The van der Waals surface area contributed by atoms with E-state index in [9.17, 15) is 0 Å². The third-order valence-electron chi connectivity index (χ3n) is 3.44. The molecule has 0 aliphatic carbocycles. The first-order valence-corrected chi connectivity index (χ1v) is 9.13. The summed E-state index contributed by atoms with van der Waals surface area (Å²) in [6.07, 6.45) is 5.17. The molecule has 0 saturated carbocycles. The lowest BCUT2D eigenvalue weighted by Gasteiger charge is -2.10. The number of hydrogen-bond acceptors (Lipinski definition) is 3. The number of rotatable bonds is 8. The van der Waals surface area contributed by atoms with Crippen molar-refractivity contribution < 1.29 is 0 Å². The smallest absolute Gasteiger partial charge is 0.191 e. The fraction of sp³-hybridized carbons (Fsp3) is 0.444. The summed E-state index contributed by atoms with van der Waals surface area (Å²) in [4.78, 5) is 10.3. The normalized spacial score (nSPS) is 11.0. The standard InChI is InChI=1S/C18H26N4S.HI/c1-3-16-13-21-17(23-16)14-22-18(19-4-2)20-12-8-11-15-9-6-5-7-10-15;/h5-7,9-10,13H,3-4,8,11-12,14H2,1-2H3,(H2,19,20,22);1H. The number of nitrogens with zero attached hydrogens (tertiary/aromatic N) is 2. The summed E-state index contributed by atoms with van der Waals surface area (Å²) in [7, 11) is 0. The van der Waals surface area contributed by atoms with Gasteiger partial charge in [-0.2, -0.15) is 0 Å². The first-order valence-electron chi connectivity index (χ1n) is 8.31. The molecule has 0 amide bonds. The molecule has 2 rings (SSSR count). The van der Waals surface area contributed by atoms with Crippen molar-refractivity contribution in [2.24, 2.45) is 4.99 Å². The van der Waals surface area contributed by atoms with Gasteiger partial charge in [-0.15, -0.1) is 35.3 Å². The van der Waals surface area contributed by atoms with E-state index < -0.39 is 0 Å². The molecule has 1 aromatic heterocycles. The number of nitrogens with one attached hydrogen (secondary N) is 2. The van der Waals surface area contributed by atoms with Crippen molar-refractivity contribution in [1.29, 1.82) is 0 Å². The average Bonchev–Trinajstić information content (AvgIpc) is 3.05. The van der Waals surface area contributed by atoms with Crippen LogP contribution in [0.25, 0.3) is 0 Å². The van der Waals surface area contributed by atoms with Crippen LogP contribution in [-0.4, -0.2) is 24.0 Å². The van der Waals surface area contributed by atoms with E-state index in [0.717, 1.165) is 43.3 Å². The number of benzene rings is 1. The lowest BCUT2D eigenvalue weighted by Crippen LogP contribution is -2.37. The van der Waals surface area contributed by atoms with Crippen LogP contribution in [0.1, 0.15) is 35.7 Å². The highest BCUT2D eigenvalue weighted by molar-refractivity contribution is 14.0. The van der Waals surface area contributed by atoms with E-state index in [1.807, 2.05) is 6.20 Å². The van der Waals surface area contributed by atoms with Crippen molar-refractivity contribution in [1.82, 2.24) is 15.6 Å². The molecule has 0 aliphatic rings. The highest BCUT2D eigenvalue weighted by Crippen LogP contribution is 2.13. The van der Waals surface area contributed by atoms with E-state index in [1.165, 1.54) is 10.4 Å². The Labute approximate surface area is 166 Å². The van der Waals surface area contributed by atoms with E-state index in [-0.39, 0.29) is 24.0 Å².